The minimum atomic E-state index is -0.942. The molecule has 1 N–H and O–H groups in total. The highest BCUT2D eigenvalue weighted by Gasteiger charge is 2.17. The molecule has 0 radical (unpaired) electrons. The zero-order chi connectivity index (χ0) is 14.9. The first kappa shape index (κ1) is 14.1. The Morgan fingerprint density at radius 2 is 1.95 bits per heavy atom. The van der Waals surface area contributed by atoms with E-state index in [1.54, 1.807) is 14.0 Å². The first-order chi connectivity index (χ1) is 9.42. The molecule has 5 nitrogen and oxygen atoms in total. The Morgan fingerprint density at radius 1 is 1.30 bits per heavy atom. The molecule has 0 unspecified atom stereocenters. The van der Waals surface area contributed by atoms with E-state index in [1.165, 1.54) is 0 Å². The van der Waals surface area contributed by atoms with Crippen molar-refractivity contribution in [1.82, 2.24) is 4.98 Å². The van der Waals surface area contributed by atoms with Gasteiger partial charge in [-0.15, -0.1) is 0 Å². The van der Waals surface area contributed by atoms with Gasteiger partial charge in [0.1, 0.15) is 17.9 Å². The van der Waals surface area contributed by atoms with Crippen molar-refractivity contribution in [3.05, 3.63) is 34.7 Å². The molecule has 0 saturated carbocycles. The van der Waals surface area contributed by atoms with Gasteiger partial charge in [0.15, 0.2) is 0 Å². The van der Waals surface area contributed by atoms with Gasteiger partial charge in [0.05, 0.1) is 18.4 Å². The summed E-state index contributed by atoms with van der Waals surface area (Å²) < 4.78 is 10.9. The Labute approximate surface area is 117 Å². The number of carboxylic acid groups (broad SMARTS) is 1. The molecular formula is C15H17NO4. The highest BCUT2D eigenvalue weighted by molar-refractivity contribution is 5.70. The van der Waals surface area contributed by atoms with Crippen molar-refractivity contribution in [1.29, 1.82) is 0 Å². The molecule has 1 heterocycles. The maximum absolute atomic E-state index is 10.8. The summed E-state index contributed by atoms with van der Waals surface area (Å²) in [6.07, 6.45) is -0.175. The van der Waals surface area contributed by atoms with Crippen LogP contribution in [0.15, 0.2) is 16.5 Å². The lowest BCUT2D eigenvalue weighted by Gasteiger charge is -2.09. The third kappa shape index (κ3) is 2.66. The standard InChI is InChI=1S/C15H17NO4/c1-8-5-11(13(19-4)6-9(8)2)15-16-10(3)12(20-15)7-14(17)18/h5-6H,7H2,1-4H3,(H,17,18). The van der Waals surface area contributed by atoms with Crippen molar-refractivity contribution in [3.8, 4) is 17.2 Å². The van der Waals surface area contributed by atoms with Crippen LogP contribution in [0, 0.1) is 20.8 Å². The Morgan fingerprint density at radius 3 is 2.55 bits per heavy atom. The second kappa shape index (κ2) is 5.36. The van der Waals surface area contributed by atoms with Crippen molar-refractivity contribution < 1.29 is 19.1 Å². The number of methoxy groups -OCH3 is 1. The highest BCUT2D eigenvalue weighted by Crippen LogP contribution is 2.33. The molecule has 0 spiro atoms. The summed E-state index contributed by atoms with van der Waals surface area (Å²) in [6.45, 7) is 5.73. The molecule has 0 aliphatic rings. The quantitative estimate of drug-likeness (QED) is 0.928. The van der Waals surface area contributed by atoms with E-state index < -0.39 is 5.97 Å². The third-order valence-electron chi connectivity index (χ3n) is 3.25. The van der Waals surface area contributed by atoms with Crippen LogP contribution in [-0.2, 0) is 11.2 Å². The first-order valence-corrected chi connectivity index (χ1v) is 6.26. The normalized spacial score (nSPS) is 10.6. The van der Waals surface area contributed by atoms with Crippen molar-refractivity contribution in [3.63, 3.8) is 0 Å². The number of aryl methyl sites for hydroxylation is 3. The predicted molar refractivity (Wildman–Crippen MR) is 74.0 cm³/mol. The van der Waals surface area contributed by atoms with Crippen LogP contribution in [0.2, 0.25) is 0 Å². The number of ether oxygens (including phenoxy) is 1. The van der Waals surface area contributed by atoms with Gasteiger partial charge >= 0.3 is 5.97 Å². The summed E-state index contributed by atoms with van der Waals surface area (Å²) in [5.41, 5.74) is 3.52. The second-order valence-electron chi connectivity index (χ2n) is 4.73. The third-order valence-corrected chi connectivity index (χ3v) is 3.25. The predicted octanol–water partition coefficient (Wildman–Crippen LogP) is 2.90. The monoisotopic (exact) mass is 275 g/mol. The zero-order valence-corrected chi connectivity index (χ0v) is 12.0. The molecular weight excluding hydrogens is 258 g/mol. The molecule has 5 heteroatoms. The fourth-order valence-electron chi connectivity index (χ4n) is 1.97. The van der Waals surface area contributed by atoms with Crippen LogP contribution in [0.25, 0.3) is 11.5 Å². The van der Waals surface area contributed by atoms with Crippen LogP contribution in [0.3, 0.4) is 0 Å². The number of carboxylic acids is 1. The van der Waals surface area contributed by atoms with Gasteiger partial charge in [-0.3, -0.25) is 4.79 Å². The second-order valence-corrected chi connectivity index (χ2v) is 4.73. The van der Waals surface area contributed by atoms with Gasteiger partial charge in [-0.05, 0) is 44.0 Å². The van der Waals surface area contributed by atoms with Crippen molar-refractivity contribution >= 4 is 5.97 Å². The fraction of sp³-hybridized carbons (Fsp3) is 0.333. The molecule has 2 rings (SSSR count). The number of oxazole rings is 1. The van der Waals surface area contributed by atoms with Gasteiger partial charge in [0.2, 0.25) is 5.89 Å². The molecule has 0 aliphatic carbocycles. The van der Waals surface area contributed by atoms with E-state index in [4.69, 9.17) is 14.3 Å². The Hall–Kier alpha value is -2.30. The smallest absolute Gasteiger partial charge is 0.311 e. The Bertz CT molecular complexity index is 658. The average molecular weight is 275 g/mol. The van der Waals surface area contributed by atoms with Crippen LogP contribution < -0.4 is 4.74 Å². The number of benzene rings is 1. The van der Waals surface area contributed by atoms with Crippen molar-refractivity contribution in [2.75, 3.05) is 7.11 Å². The topological polar surface area (TPSA) is 72.6 Å². The lowest BCUT2D eigenvalue weighted by atomic mass is 10.1. The number of aromatic nitrogens is 1. The van der Waals surface area contributed by atoms with Crippen molar-refractivity contribution in [2.45, 2.75) is 27.2 Å². The molecule has 0 amide bonds. The molecule has 0 bridgehead atoms. The van der Waals surface area contributed by atoms with Crippen molar-refractivity contribution in [2.24, 2.45) is 0 Å². The van der Waals surface area contributed by atoms with E-state index >= 15 is 0 Å². The SMILES string of the molecule is COc1cc(C)c(C)cc1-c1nc(C)c(CC(=O)O)o1. The van der Waals surface area contributed by atoms with E-state index in [1.807, 2.05) is 26.0 Å². The van der Waals surface area contributed by atoms with E-state index in [-0.39, 0.29) is 6.42 Å². The molecule has 0 saturated heterocycles. The van der Waals surface area contributed by atoms with Crippen LogP contribution >= 0.6 is 0 Å². The van der Waals surface area contributed by atoms with E-state index in [0.29, 0.717) is 23.1 Å². The molecule has 1 aromatic heterocycles. The minimum absolute atomic E-state index is 0.175. The molecule has 0 atom stereocenters. The van der Waals surface area contributed by atoms with Gasteiger partial charge in [-0.2, -0.15) is 0 Å². The number of rotatable bonds is 4. The van der Waals surface area contributed by atoms with Crippen LogP contribution in [0.5, 0.6) is 5.75 Å². The maximum Gasteiger partial charge on any atom is 0.311 e. The Kier molecular flexibility index (Phi) is 3.79. The number of hydrogen-bond acceptors (Lipinski definition) is 4. The Balaban J connectivity index is 2.51. The lowest BCUT2D eigenvalue weighted by Crippen LogP contribution is -1.99. The molecule has 106 valence electrons. The first-order valence-electron chi connectivity index (χ1n) is 6.26. The summed E-state index contributed by atoms with van der Waals surface area (Å²) in [5.74, 6) is 0.477. The highest BCUT2D eigenvalue weighted by atomic mass is 16.5. The maximum atomic E-state index is 10.8. The molecule has 0 fully saturated rings. The number of aliphatic carboxylic acids is 1. The van der Waals surface area contributed by atoms with Gasteiger partial charge in [0.25, 0.3) is 0 Å². The largest absolute Gasteiger partial charge is 0.496 e. The van der Waals surface area contributed by atoms with Gasteiger partial charge < -0.3 is 14.3 Å². The average Bonchev–Trinajstić information content (AvgIpc) is 2.73. The lowest BCUT2D eigenvalue weighted by molar-refractivity contribution is -0.136. The number of hydrogen-bond donors (Lipinski definition) is 1. The molecule has 1 aromatic carbocycles. The van der Waals surface area contributed by atoms with E-state index in [9.17, 15) is 4.79 Å². The molecule has 0 aliphatic heterocycles. The summed E-state index contributed by atoms with van der Waals surface area (Å²) in [7, 11) is 1.58. The number of carbonyl (C=O) groups is 1. The van der Waals surface area contributed by atoms with Gasteiger partial charge in [-0.1, -0.05) is 0 Å². The summed E-state index contributed by atoms with van der Waals surface area (Å²) in [4.78, 5) is 15.1. The van der Waals surface area contributed by atoms with E-state index in [2.05, 4.69) is 4.98 Å². The summed E-state index contributed by atoms with van der Waals surface area (Å²) in [6, 6.07) is 3.85. The fourth-order valence-corrected chi connectivity index (χ4v) is 1.97. The van der Waals surface area contributed by atoms with Crippen LogP contribution in [0.4, 0.5) is 0 Å². The molecule has 20 heavy (non-hydrogen) atoms. The summed E-state index contributed by atoms with van der Waals surface area (Å²) >= 11 is 0. The minimum Gasteiger partial charge on any atom is -0.496 e. The van der Waals surface area contributed by atoms with Gasteiger partial charge in [-0.25, -0.2) is 4.98 Å². The van der Waals surface area contributed by atoms with Gasteiger partial charge in [0, 0.05) is 0 Å². The van der Waals surface area contributed by atoms with Crippen LogP contribution in [-0.4, -0.2) is 23.2 Å². The number of nitrogens with zero attached hydrogens (tertiary/aromatic N) is 1. The summed E-state index contributed by atoms with van der Waals surface area (Å²) in [5, 5.41) is 8.84. The van der Waals surface area contributed by atoms with Crippen LogP contribution in [0.1, 0.15) is 22.6 Å². The molecule has 2 aromatic rings. The van der Waals surface area contributed by atoms with E-state index in [0.717, 1.165) is 16.7 Å². The zero-order valence-electron chi connectivity index (χ0n) is 12.0.